The van der Waals surface area contributed by atoms with Gasteiger partial charge in [-0.2, -0.15) is 0 Å². The van der Waals surface area contributed by atoms with Crippen LogP contribution >= 0.6 is 0 Å². The summed E-state index contributed by atoms with van der Waals surface area (Å²) in [7, 11) is 0. The van der Waals surface area contributed by atoms with Gasteiger partial charge in [-0.1, -0.05) is 52.5 Å². The largest absolute Gasteiger partial charge is 0.463 e. The van der Waals surface area contributed by atoms with Crippen LogP contribution in [0.3, 0.4) is 0 Å². The van der Waals surface area contributed by atoms with Crippen molar-refractivity contribution in [1.29, 1.82) is 0 Å². The van der Waals surface area contributed by atoms with Gasteiger partial charge in [0, 0.05) is 6.08 Å². The van der Waals surface area contributed by atoms with Crippen molar-refractivity contribution in [2.45, 2.75) is 81.1 Å². The predicted octanol–water partition coefficient (Wildman–Crippen LogP) is 6.32. The Morgan fingerprint density at radius 2 is 1.65 bits per heavy atom. The third-order valence-corrected chi connectivity index (χ3v) is 5.00. The summed E-state index contributed by atoms with van der Waals surface area (Å²) in [6.45, 7) is 17.8. The second kappa shape index (κ2) is 11.5. The molecule has 0 N–H and O–H groups in total. The van der Waals surface area contributed by atoms with Crippen molar-refractivity contribution < 1.29 is 9.53 Å². The molecule has 0 bridgehead atoms. The molecule has 0 aliphatic carbocycles. The number of esters is 1. The molecule has 2 atom stereocenters. The molecule has 0 radical (unpaired) electrons. The first-order valence-corrected chi connectivity index (χ1v) is 9.20. The van der Waals surface area contributed by atoms with Crippen molar-refractivity contribution in [3.8, 4) is 0 Å². The average molecular weight is 323 g/mol. The molecule has 0 aromatic rings. The second-order valence-electron chi connectivity index (χ2n) is 7.45. The van der Waals surface area contributed by atoms with Crippen LogP contribution in [0.1, 0.15) is 81.1 Å². The third-order valence-electron chi connectivity index (χ3n) is 5.00. The summed E-state index contributed by atoms with van der Waals surface area (Å²) in [6.07, 6.45) is 6.63. The minimum atomic E-state index is -0.243. The zero-order valence-corrected chi connectivity index (χ0v) is 16.7. The summed E-state index contributed by atoms with van der Waals surface area (Å²) in [4.78, 5) is 11.5. The highest BCUT2D eigenvalue weighted by Gasteiger charge is 2.10. The molecule has 0 amide bonds. The predicted molar refractivity (Wildman–Crippen MR) is 100 cm³/mol. The maximum absolute atomic E-state index is 11.5. The Morgan fingerprint density at radius 1 is 1.04 bits per heavy atom. The summed E-state index contributed by atoms with van der Waals surface area (Å²) in [6, 6.07) is 0. The Labute approximate surface area is 144 Å². The normalized spacial score (nSPS) is 16.1. The molecule has 0 aromatic carbocycles. The van der Waals surface area contributed by atoms with Gasteiger partial charge in [-0.3, -0.25) is 0 Å². The SMILES string of the molecule is CCOC(=O)/C=C(C)/C(C)=C(\C)CC(C)CCCC(C)C(C)C. The molecule has 23 heavy (non-hydrogen) atoms. The van der Waals surface area contributed by atoms with Gasteiger partial charge in [-0.05, 0) is 63.0 Å². The first kappa shape index (κ1) is 21.9. The lowest BCUT2D eigenvalue weighted by Gasteiger charge is -2.18. The molecule has 0 saturated heterocycles. The van der Waals surface area contributed by atoms with E-state index in [4.69, 9.17) is 4.74 Å². The Bertz CT molecular complexity index is 416. The lowest BCUT2D eigenvalue weighted by Crippen LogP contribution is -2.05. The van der Waals surface area contributed by atoms with E-state index in [-0.39, 0.29) is 5.97 Å². The number of rotatable bonds is 10. The number of carbonyl (C=O) groups is 1. The van der Waals surface area contributed by atoms with Gasteiger partial charge in [0.15, 0.2) is 0 Å². The lowest BCUT2D eigenvalue weighted by atomic mass is 9.88. The van der Waals surface area contributed by atoms with Crippen LogP contribution in [0, 0.1) is 17.8 Å². The van der Waals surface area contributed by atoms with Crippen molar-refractivity contribution in [2.75, 3.05) is 6.61 Å². The standard InChI is InChI=1S/C21H38O2/c1-9-23-21(22)14-19(7)20(8)18(6)13-16(4)11-10-12-17(5)15(2)3/h14-17H,9-13H2,1-8H3/b19-14+,20-18+. The molecule has 0 heterocycles. The highest BCUT2D eigenvalue weighted by atomic mass is 16.5. The van der Waals surface area contributed by atoms with Crippen molar-refractivity contribution in [3.05, 3.63) is 22.8 Å². The van der Waals surface area contributed by atoms with E-state index in [0.717, 1.165) is 23.8 Å². The highest BCUT2D eigenvalue weighted by Crippen LogP contribution is 2.25. The first-order chi connectivity index (χ1) is 10.7. The van der Waals surface area contributed by atoms with Crippen molar-refractivity contribution in [2.24, 2.45) is 17.8 Å². The van der Waals surface area contributed by atoms with Gasteiger partial charge in [0.05, 0.1) is 6.61 Å². The van der Waals surface area contributed by atoms with E-state index in [9.17, 15) is 4.79 Å². The number of hydrogen-bond acceptors (Lipinski definition) is 2. The van der Waals surface area contributed by atoms with Crippen molar-refractivity contribution in [1.82, 2.24) is 0 Å². The average Bonchev–Trinajstić information content (AvgIpc) is 2.45. The van der Waals surface area contributed by atoms with Gasteiger partial charge in [0.25, 0.3) is 0 Å². The molecular formula is C21H38O2. The smallest absolute Gasteiger partial charge is 0.331 e. The molecule has 134 valence electrons. The van der Waals surface area contributed by atoms with Gasteiger partial charge in [-0.25, -0.2) is 4.79 Å². The van der Waals surface area contributed by atoms with E-state index in [0.29, 0.717) is 12.5 Å². The fourth-order valence-electron chi connectivity index (χ4n) is 2.71. The van der Waals surface area contributed by atoms with Crippen LogP contribution in [-0.2, 0) is 9.53 Å². The van der Waals surface area contributed by atoms with Gasteiger partial charge >= 0.3 is 5.97 Å². The zero-order valence-electron chi connectivity index (χ0n) is 16.7. The fourth-order valence-corrected chi connectivity index (χ4v) is 2.71. The maximum atomic E-state index is 11.5. The summed E-state index contributed by atoms with van der Waals surface area (Å²) in [5.74, 6) is 2.05. The van der Waals surface area contributed by atoms with Crippen molar-refractivity contribution in [3.63, 3.8) is 0 Å². The van der Waals surface area contributed by atoms with E-state index in [2.05, 4.69) is 41.5 Å². The van der Waals surface area contributed by atoms with Crippen LogP contribution in [0.2, 0.25) is 0 Å². The van der Waals surface area contributed by atoms with E-state index < -0.39 is 0 Å². The lowest BCUT2D eigenvalue weighted by molar-refractivity contribution is -0.137. The summed E-state index contributed by atoms with van der Waals surface area (Å²) in [5.41, 5.74) is 3.62. The van der Waals surface area contributed by atoms with Crippen LogP contribution in [0.15, 0.2) is 22.8 Å². The van der Waals surface area contributed by atoms with Crippen LogP contribution < -0.4 is 0 Å². The minimum Gasteiger partial charge on any atom is -0.463 e. The Hall–Kier alpha value is -1.05. The minimum absolute atomic E-state index is 0.243. The molecule has 0 aromatic heterocycles. The zero-order chi connectivity index (χ0) is 18.0. The van der Waals surface area contributed by atoms with Crippen LogP contribution in [-0.4, -0.2) is 12.6 Å². The second-order valence-corrected chi connectivity index (χ2v) is 7.45. The third kappa shape index (κ3) is 9.63. The summed E-state index contributed by atoms with van der Waals surface area (Å²) < 4.78 is 4.98. The Balaban J connectivity index is 4.47. The van der Waals surface area contributed by atoms with Gasteiger partial charge in [0.1, 0.15) is 0 Å². The summed E-state index contributed by atoms with van der Waals surface area (Å²) in [5, 5.41) is 0. The fraction of sp³-hybridized carbons (Fsp3) is 0.762. The maximum Gasteiger partial charge on any atom is 0.331 e. The molecule has 0 aliphatic rings. The quantitative estimate of drug-likeness (QED) is 0.267. The monoisotopic (exact) mass is 322 g/mol. The number of hydrogen-bond donors (Lipinski definition) is 0. The molecule has 2 heteroatoms. The van der Waals surface area contributed by atoms with E-state index in [1.165, 1.54) is 30.4 Å². The van der Waals surface area contributed by atoms with Crippen LogP contribution in [0.25, 0.3) is 0 Å². The highest BCUT2D eigenvalue weighted by molar-refractivity contribution is 5.83. The molecule has 0 aliphatic heterocycles. The Kier molecular flexibility index (Phi) is 11.0. The molecule has 0 saturated carbocycles. The van der Waals surface area contributed by atoms with E-state index in [1.54, 1.807) is 6.08 Å². The molecule has 0 spiro atoms. The summed E-state index contributed by atoms with van der Waals surface area (Å²) >= 11 is 0. The van der Waals surface area contributed by atoms with Gasteiger partial charge < -0.3 is 4.74 Å². The number of allylic oxidation sites excluding steroid dienone is 3. The Morgan fingerprint density at radius 3 is 2.17 bits per heavy atom. The molecular weight excluding hydrogens is 284 g/mol. The first-order valence-electron chi connectivity index (χ1n) is 9.20. The molecule has 2 nitrogen and oxygen atoms in total. The molecule has 0 rings (SSSR count). The molecule has 0 fully saturated rings. The number of ether oxygens (including phenoxy) is 1. The topological polar surface area (TPSA) is 26.3 Å². The van der Waals surface area contributed by atoms with E-state index in [1.807, 2.05) is 13.8 Å². The van der Waals surface area contributed by atoms with Crippen molar-refractivity contribution >= 4 is 5.97 Å². The van der Waals surface area contributed by atoms with E-state index >= 15 is 0 Å². The van der Waals surface area contributed by atoms with Crippen LogP contribution in [0.5, 0.6) is 0 Å². The number of carbonyl (C=O) groups excluding carboxylic acids is 1. The van der Waals surface area contributed by atoms with Gasteiger partial charge in [-0.15, -0.1) is 0 Å². The molecule has 2 unspecified atom stereocenters. The van der Waals surface area contributed by atoms with Gasteiger partial charge in [0.2, 0.25) is 0 Å². The van der Waals surface area contributed by atoms with Crippen LogP contribution in [0.4, 0.5) is 0 Å².